The monoisotopic (exact) mass is 129 g/mol. The van der Waals surface area contributed by atoms with Crippen LogP contribution in [0.15, 0.2) is 0 Å². The highest BCUT2D eigenvalue weighted by atomic mass is 13.8. The molecular weight excluding hydrogens is 108 g/mol. The summed E-state index contributed by atoms with van der Waals surface area (Å²) >= 11 is 0. The standard InChI is InChI=1S/C6H14.C3H7/c1-3-5-6-4-2;1-3-2/h3-6H2,1-2H3;3H,1-2H3. The largest absolute Gasteiger partial charge is 0.0654 e. The van der Waals surface area contributed by atoms with Crippen molar-refractivity contribution in [2.24, 2.45) is 0 Å². The van der Waals surface area contributed by atoms with Crippen molar-refractivity contribution in [3.05, 3.63) is 6.42 Å². The van der Waals surface area contributed by atoms with E-state index in [0.29, 0.717) is 0 Å². The molecule has 0 saturated carbocycles. The van der Waals surface area contributed by atoms with E-state index in [1.807, 2.05) is 20.3 Å². The summed E-state index contributed by atoms with van der Waals surface area (Å²) in [6, 6.07) is 0. The molecule has 0 spiro atoms. The van der Waals surface area contributed by atoms with Gasteiger partial charge in [-0.1, -0.05) is 53.4 Å². The van der Waals surface area contributed by atoms with Crippen molar-refractivity contribution in [1.82, 2.24) is 0 Å². The van der Waals surface area contributed by atoms with Crippen LogP contribution in [0.25, 0.3) is 0 Å². The molecule has 1 radical (unpaired) electrons. The van der Waals surface area contributed by atoms with Gasteiger partial charge in [-0.2, -0.15) is 0 Å². The Labute approximate surface area is 60.7 Å². The summed E-state index contributed by atoms with van der Waals surface area (Å²) < 4.78 is 0. The minimum atomic E-state index is 1.36. The highest BCUT2D eigenvalue weighted by Gasteiger charge is 1.75. The Hall–Kier alpha value is 0. The fourth-order valence-corrected chi connectivity index (χ4v) is 0.500. The molecule has 0 amide bonds. The molecule has 0 aliphatic carbocycles. The lowest BCUT2D eigenvalue weighted by Crippen LogP contribution is -1.66. The molecule has 0 N–H and O–H groups in total. The molecule has 0 heteroatoms. The Morgan fingerprint density at radius 3 is 1.22 bits per heavy atom. The first-order valence-electron chi connectivity index (χ1n) is 4.07. The molecule has 0 saturated heterocycles. The predicted octanol–water partition coefficient (Wildman–Crippen LogP) is 3.82. The van der Waals surface area contributed by atoms with Crippen molar-refractivity contribution in [3.63, 3.8) is 0 Å². The van der Waals surface area contributed by atoms with E-state index in [2.05, 4.69) is 13.8 Å². The van der Waals surface area contributed by atoms with Gasteiger partial charge in [0.2, 0.25) is 0 Å². The number of hydrogen-bond acceptors (Lipinski definition) is 0. The lowest BCUT2D eigenvalue weighted by molar-refractivity contribution is 0.702. The quantitative estimate of drug-likeness (QED) is 0.508. The average molecular weight is 129 g/mol. The first-order valence-corrected chi connectivity index (χ1v) is 4.07. The molecule has 0 unspecified atom stereocenters. The number of hydrogen-bond donors (Lipinski definition) is 0. The lowest BCUT2D eigenvalue weighted by Gasteiger charge is -1.86. The van der Waals surface area contributed by atoms with Gasteiger partial charge in [-0.3, -0.25) is 0 Å². The van der Waals surface area contributed by atoms with Gasteiger partial charge < -0.3 is 0 Å². The van der Waals surface area contributed by atoms with Gasteiger partial charge in [0.15, 0.2) is 0 Å². The topological polar surface area (TPSA) is 0 Å². The second kappa shape index (κ2) is 15.7. The minimum Gasteiger partial charge on any atom is -0.0654 e. The first-order chi connectivity index (χ1) is 4.33. The van der Waals surface area contributed by atoms with Crippen LogP contribution in [0, 0.1) is 6.42 Å². The smallest absolute Gasteiger partial charge is 0.0448 e. The van der Waals surface area contributed by atoms with Crippen LogP contribution in [-0.2, 0) is 0 Å². The van der Waals surface area contributed by atoms with Crippen molar-refractivity contribution in [2.75, 3.05) is 0 Å². The van der Waals surface area contributed by atoms with E-state index in [1.54, 1.807) is 0 Å². The third-order valence-electron chi connectivity index (χ3n) is 0.957. The minimum absolute atomic E-state index is 1.36. The van der Waals surface area contributed by atoms with E-state index in [9.17, 15) is 0 Å². The van der Waals surface area contributed by atoms with Crippen molar-refractivity contribution in [3.8, 4) is 0 Å². The normalized spacial score (nSPS) is 8.00. The van der Waals surface area contributed by atoms with Crippen molar-refractivity contribution in [1.29, 1.82) is 0 Å². The Morgan fingerprint density at radius 1 is 0.889 bits per heavy atom. The zero-order valence-corrected chi connectivity index (χ0v) is 7.41. The molecule has 0 bridgehead atoms. The molecule has 0 aliphatic rings. The van der Waals surface area contributed by atoms with Crippen LogP contribution in [0.2, 0.25) is 0 Å². The molecule has 0 fully saturated rings. The van der Waals surface area contributed by atoms with Crippen molar-refractivity contribution >= 4 is 0 Å². The maximum Gasteiger partial charge on any atom is -0.0448 e. The van der Waals surface area contributed by atoms with Crippen LogP contribution in [0.4, 0.5) is 0 Å². The predicted molar refractivity (Wildman–Crippen MR) is 45.5 cm³/mol. The summed E-state index contributed by atoms with van der Waals surface area (Å²) in [7, 11) is 0. The molecular formula is C9H21. The van der Waals surface area contributed by atoms with E-state index in [4.69, 9.17) is 0 Å². The molecule has 57 valence electrons. The molecule has 0 aromatic rings. The maximum absolute atomic E-state index is 2.23. The van der Waals surface area contributed by atoms with Crippen LogP contribution in [0.3, 0.4) is 0 Å². The Balaban J connectivity index is 0. The van der Waals surface area contributed by atoms with Crippen LogP contribution < -0.4 is 0 Å². The lowest BCUT2D eigenvalue weighted by atomic mass is 10.2. The van der Waals surface area contributed by atoms with Gasteiger partial charge in [-0.25, -0.2) is 0 Å². The second-order valence-corrected chi connectivity index (χ2v) is 2.28. The molecule has 0 aromatic carbocycles. The molecule has 0 heterocycles. The molecule has 9 heavy (non-hydrogen) atoms. The number of unbranched alkanes of at least 4 members (excludes halogenated alkanes) is 3. The third kappa shape index (κ3) is 32.0. The van der Waals surface area contributed by atoms with E-state index < -0.39 is 0 Å². The highest BCUT2D eigenvalue weighted by molar-refractivity contribution is 4.34. The van der Waals surface area contributed by atoms with Gasteiger partial charge in [-0.15, -0.1) is 0 Å². The molecule has 0 aromatic heterocycles. The summed E-state index contributed by atoms with van der Waals surface area (Å²) in [5.41, 5.74) is 0. The SMILES string of the molecule is CCCCCC.C[CH]C. The average Bonchev–Trinajstić information content (AvgIpc) is 1.86. The molecule has 0 atom stereocenters. The summed E-state index contributed by atoms with van der Waals surface area (Å²) in [6.45, 7) is 8.46. The first kappa shape index (κ1) is 11.8. The van der Waals surface area contributed by atoms with Gasteiger partial charge >= 0.3 is 0 Å². The summed E-state index contributed by atoms with van der Waals surface area (Å²) in [6.07, 6.45) is 7.54. The maximum atomic E-state index is 2.23. The van der Waals surface area contributed by atoms with Gasteiger partial charge in [0.1, 0.15) is 0 Å². The Kier molecular flexibility index (Phi) is 20.5. The molecule has 0 nitrogen and oxygen atoms in total. The summed E-state index contributed by atoms with van der Waals surface area (Å²) in [5, 5.41) is 0. The van der Waals surface area contributed by atoms with Crippen LogP contribution in [0.1, 0.15) is 53.4 Å². The molecule has 0 rings (SSSR count). The summed E-state index contributed by atoms with van der Waals surface area (Å²) in [4.78, 5) is 0. The van der Waals surface area contributed by atoms with E-state index in [1.165, 1.54) is 25.7 Å². The fraction of sp³-hybridized carbons (Fsp3) is 0.889. The van der Waals surface area contributed by atoms with Crippen LogP contribution >= 0.6 is 0 Å². The van der Waals surface area contributed by atoms with Gasteiger partial charge in [0.05, 0.1) is 0 Å². The second-order valence-electron chi connectivity index (χ2n) is 2.28. The van der Waals surface area contributed by atoms with E-state index >= 15 is 0 Å². The van der Waals surface area contributed by atoms with Gasteiger partial charge in [-0.05, 0) is 6.42 Å². The van der Waals surface area contributed by atoms with Crippen LogP contribution in [0.5, 0.6) is 0 Å². The van der Waals surface area contributed by atoms with Crippen molar-refractivity contribution < 1.29 is 0 Å². The summed E-state index contributed by atoms with van der Waals surface area (Å²) in [5.74, 6) is 0. The van der Waals surface area contributed by atoms with Crippen LogP contribution in [-0.4, -0.2) is 0 Å². The fourth-order valence-electron chi connectivity index (χ4n) is 0.500. The van der Waals surface area contributed by atoms with Crippen molar-refractivity contribution in [2.45, 2.75) is 53.4 Å². The van der Waals surface area contributed by atoms with Gasteiger partial charge in [0, 0.05) is 0 Å². The van der Waals surface area contributed by atoms with Gasteiger partial charge in [0.25, 0.3) is 0 Å². The zero-order valence-electron chi connectivity index (χ0n) is 7.41. The zero-order chi connectivity index (χ0) is 7.54. The Morgan fingerprint density at radius 2 is 1.11 bits per heavy atom. The highest BCUT2D eigenvalue weighted by Crippen LogP contribution is 1.95. The molecule has 0 aliphatic heterocycles. The van der Waals surface area contributed by atoms with E-state index in [-0.39, 0.29) is 0 Å². The third-order valence-corrected chi connectivity index (χ3v) is 0.957. The Bertz CT molecular complexity index is 19.2. The number of rotatable bonds is 3. The van der Waals surface area contributed by atoms with E-state index in [0.717, 1.165) is 0 Å².